The van der Waals surface area contributed by atoms with Crippen molar-refractivity contribution in [1.29, 1.82) is 0 Å². The van der Waals surface area contributed by atoms with Crippen molar-refractivity contribution < 1.29 is 29.0 Å². The summed E-state index contributed by atoms with van der Waals surface area (Å²) in [5, 5.41) is 19.6. The average molecular weight is 368 g/mol. The highest BCUT2D eigenvalue weighted by Gasteiger charge is 2.29. The number of benzene rings is 1. The van der Waals surface area contributed by atoms with Crippen molar-refractivity contribution in [2.75, 3.05) is 27.8 Å². The molecule has 0 unspecified atom stereocenters. The molecule has 0 aliphatic rings. The van der Waals surface area contributed by atoms with Gasteiger partial charge in [-0.05, 0) is 29.5 Å². The largest absolute Gasteiger partial charge is 0.496 e. The molecule has 0 fully saturated rings. The van der Waals surface area contributed by atoms with Gasteiger partial charge in [0.1, 0.15) is 11.5 Å². The van der Waals surface area contributed by atoms with E-state index in [1.807, 2.05) is 12.1 Å². The molecule has 0 spiro atoms. The number of hydrogen-bond acceptors (Lipinski definition) is 6. The van der Waals surface area contributed by atoms with E-state index in [0.29, 0.717) is 11.5 Å². The lowest BCUT2D eigenvalue weighted by Crippen LogP contribution is -2.34. The normalized spacial score (nSPS) is 11.5. The van der Waals surface area contributed by atoms with Gasteiger partial charge in [-0.1, -0.05) is 46.5 Å². The highest BCUT2D eigenvalue weighted by Crippen LogP contribution is 2.34. The summed E-state index contributed by atoms with van der Waals surface area (Å²) in [7, 11) is 1.30. The zero-order valence-electron chi connectivity index (χ0n) is 16.7. The Kier molecular flexibility index (Phi) is 10.0. The first-order valence-electron chi connectivity index (χ1n) is 9.15. The minimum atomic E-state index is -1.73. The third kappa shape index (κ3) is 6.80. The van der Waals surface area contributed by atoms with Crippen molar-refractivity contribution in [3.05, 3.63) is 17.7 Å². The van der Waals surface area contributed by atoms with Gasteiger partial charge in [-0.25, -0.2) is 0 Å². The Morgan fingerprint density at radius 2 is 1.46 bits per heavy atom. The van der Waals surface area contributed by atoms with E-state index in [0.717, 1.165) is 18.4 Å². The van der Waals surface area contributed by atoms with Crippen LogP contribution in [0.5, 0.6) is 11.5 Å². The van der Waals surface area contributed by atoms with Crippen LogP contribution in [0.4, 0.5) is 0 Å². The molecular weight excluding hydrogens is 335 g/mol. The second-order valence-electron chi connectivity index (χ2n) is 7.06. The van der Waals surface area contributed by atoms with Gasteiger partial charge in [0.05, 0.1) is 5.46 Å². The third-order valence-corrected chi connectivity index (χ3v) is 4.46. The Bertz CT molecular complexity index is 504. The molecule has 148 valence electrons. The zero-order chi connectivity index (χ0) is 19.6. The van der Waals surface area contributed by atoms with Crippen molar-refractivity contribution >= 4 is 12.6 Å². The lowest BCUT2D eigenvalue weighted by Gasteiger charge is -2.28. The molecule has 0 amide bonds. The second-order valence-corrected chi connectivity index (χ2v) is 7.06. The van der Waals surface area contributed by atoms with E-state index in [9.17, 15) is 10.0 Å². The fourth-order valence-corrected chi connectivity index (χ4v) is 2.87. The van der Waals surface area contributed by atoms with Crippen LogP contribution >= 0.6 is 0 Å². The van der Waals surface area contributed by atoms with Gasteiger partial charge >= 0.3 is 7.12 Å². The molecule has 7 heteroatoms. The van der Waals surface area contributed by atoms with Crippen LogP contribution in [0.2, 0.25) is 0 Å². The summed E-state index contributed by atoms with van der Waals surface area (Å²) in [6.07, 6.45) is 5.78. The molecule has 0 aliphatic carbocycles. The highest BCUT2D eigenvalue weighted by atomic mass is 16.7. The van der Waals surface area contributed by atoms with Crippen LogP contribution in [0.3, 0.4) is 0 Å². The first-order chi connectivity index (χ1) is 12.4. The van der Waals surface area contributed by atoms with E-state index in [1.54, 1.807) is 0 Å². The number of unbranched alkanes of at least 4 members (excludes halogenated alkanes) is 3. The maximum Gasteiger partial charge on any atom is 0.496 e. The molecule has 0 saturated heterocycles. The molecule has 0 radical (unpaired) electrons. The van der Waals surface area contributed by atoms with Crippen molar-refractivity contribution in [3.63, 3.8) is 0 Å². The SMILES string of the molecule is CCCCCCC(C)(C)c1cc(OCOC)c(B(O)O)c(OCOC)c1. The van der Waals surface area contributed by atoms with Crippen LogP contribution < -0.4 is 14.9 Å². The molecule has 1 aromatic carbocycles. The van der Waals surface area contributed by atoms with Gasteiger partial charge in [0, 0.05) is 14.2 Å². The highest BCUT2D eigenvalue weighted by molar-refractivity contribution is 6.61. The number of ether oxygens (including phenoxy) is 4. The predicted molar refractivity (Wildman–Crippen MR) is 103 cm³/mol. The summed E-state index contributed by atoms with van der Waals surface area (Å²) in [6.45, 7) is 6.55. The minimum absolute atomic E-state index is 0.00379. The van der Waals surface area contributed by atoms with Crippen LogP contribution in [0.1, 0.15) is 58.4 Å². The summed E-state index contributed by atoms with van der Waals surface area (Å²) in [5.74, 6) is 0.680. The fraction of sp³-hybridized carbons (Fsp3) is 0.684. The first-order valence-corrected chi connectivity index (χ1v) is 9.15. The molecular formula is C19H33BO6. The molecule has 0 heterocycles. The van der Waals surface area contributed by atoms with Gasteiger partial charge in [-0.3, -0.25) is 0 Å². The maximum atomic E-state index is 9.79. The molecule has 6 nitrogen and oxygen atoms in total. The zero-order valence-corrected chi connectivity index (χ0v) is 16.7. The molecule has 0 atom stereocenters. The fourth-order valence-electron chi connectivity index (χ4n) is 2.87. The van der Waals surface area contributed by atoms with E-state index in [4.69, 9.17) is 18.9 Å². The Labute approximate surface area is 157 Å². The number of rotatable bonds is 13. The molecule has 0 aliphatic heterocycles. The van der Waals surface area contributed by atoms with E-state index >= 15 is 0 Å². The predicted octanol–water partition coefficient (Wildman–Crippen LogP) is 2.58. The van der Waals surface area contributed by atoms with Crippen molar-refractivity contribution in [3.8, 4) is 11.5 Å². The van der Waals surface area contributed by atoms with Gasteiger partial charge in [-0.15, -0.1) is 0 Å². The Morgan fingerprint density at radius 1 is 0.923 bits per heavy atom. The molecule has 0 bridgehead atoms. The molecule has 1 rings (SSSR count). The van der Waals surface area contributed by atoms with Crippen LogP contribution in [0, 0.1) is 0 Å². The molecule has 1 aromatic rings. The van der Waals surface area contributed by atoms with Crippen LogP contribution in [0.15, 0.2) is 12.1 Å². The summed E-state index contributed by atoms with van der Waals surface area (Å²) in [6, 6.07) is 3.68. The standard InChI is InChI=1S/C19H33BO6/c1-6-7-8-9-10-19(2,3)15-11-16(25-13-23-4)18(20(21)22)17(12-15)26-14-24-5/h11-12,21-22H,6-10,13-14H2,1-5H3. The number of methoxy groups -OCH3 is 2. The van der Waals surface area contributed by atoms with Gasteiger partial charge in [0.2, 0.25) is 0 Å². The first kappa shape index (κ1) is 22.8. The van der Waals surface area contributed by atoms with Crippen molar-refractivity contribution in [2.24, 2.45) is 0 Å². The average Bonchev–Trinajstić information content (AvgIpc) is 2.60. The molecule has 2 N–H and O–H groups in total. The molecule has 0 aromatic heterocycles. The summed E-state index contributed by atoms with van der Waals surface area (Å²) in [5.41, 5.74) is 1.07. The molecule has 26 heavy (non-hydrogen) atoms. The Hall–Kier alpha value is -1.28. The quantitative estimate of drug-likeness (QED) is 0.317. The van der Waals surface area contributed by atoms with Crippen LogP contribution in [0.25, 0.3) is 0 Å². The van der Waals surface area contributed by atoms with Crippen molar-refractivity contribution in [2.45, 2.75) is 58.3 Å². The Balaban J connectivity index is 3.20. The summed E-state index contributed by atoms with van der Waals surface area (Å²) in [4.78, 5) is 0. The molecule has 0 saturated carbocycles. The minimum Gasteiger partial charge on any atom is -0.468 e. The topological polar surface area (TPSA) is 77.4 Å². The summed E-state index contributed by atoms with van der Waals surface area (Å²) < 4.78 is 21.1. The van der Waals surface area contributed by atoms with Gasteiger partial charge < -0.3 is 29.0 Å². The third-order valence-electron chi connectivity index (χ3n) is 4.46. The monoisotopic (exact) mass is 368 g/mol. The van der Waals surface area contributed by atoms with Crippen molar-refractivity contribution in [1.82, 2.24) is 0 Å². The van der Waals surface area contributed by atoms with Gasteiger partial charge in [0.25, 0.3) is 0 Å². The van der Waals surface area contributed by atoms with E-state index in [2.05, 4.69) is 20.8 Å². The Morgan fingerprint density at radius 3 is 1.88 bits per heavy atom. The van der Waals surface area contributed by atoms with Gasteiger partial charge in [-0.2, -0.15) is 0 Å². The van der Waals surface area contributed by atoms with Gasteiger partial charge in [0.15, 0.2) is 13.6 Å². The van der Waals surface area contributed by atoms with E-state index < -0.39 is 7.12 Å². The van der Waals surface area contributed by atoms with E-state index in [1.165, 1.54) is 33.5 Å². The van der Waals surface area contributed by atoms with Crippen LogP contribution in [-0.2, 0) is 14.9 Å². The second kappa shape index (κ2) is 11.4. The number of hydrogen-bond donors (Lipinski definition) is 2. The maximum absolute atomic E-state index is 9.79. The lowest BCUT2D eigenvalue weighted by molar-refractivity contribution is 0.0470. The lowest BCUT2D eigenvalue weighted by atomic mass is 9.74. The smallest absolute Gasteiger partial charge is 0.468 e. The van der Waals surface area contributed by atoms with E-state index in [-0.39, 0.29) is 24.5 Å². The van der Waals surface area contributed by atoms with Crippen LogP contribution in [-0.4, -0.2) is 45.0 Å². The summed E-state index contributed by atoms with van der Waals surface area (Å²) >= 11 is 0.